The third-order valence-electron chi connectivity index (χ3n) is 5.87. The summed E-state index contributed by atoms with van der Waals surface area (Å²) < 4.78 is 16.0. The van der Waals surface area contributed by atoms with Crippen molar-refractivity contribution < 1.29 is 33.7 Å². The molecule has 0 aliphatic carbocycles. The first-order valence-corrected chi connectivity index (χ1v) is 10.5. The first-order valence-electron chi connectivity index (χ1n) is 9.67. The van der Waals surface area contributed by atoms with E-state index in [2.05, 4.69) is 0 Å². The number of anilines is 1. The number of carbonyl (C=O) groups excluding carboxylic acids is 3. The molecule has 3 aliphatic rings. The van der Waals surface area contributed by atoms with Crippen LogP contribution in [-0.2, 0) is 14.4 Å². The highest BCUT2D eigenvalue weighted by atomic mass is 32.2. The zero-order chi connectivity index (χ0) is 22.7. The van der Waals surface area contributed by atoms with Crippen LogP contribution in [0.3, 0.4) is 0 Å². The van der Waals surface area contributed by atoms with E-state index in [1.54, 1.807) is 24.3 Å². The first kappa shape index (κ1) is 20.3. The Morgan fingerprint density at radius 2 is 1.84 bits per heavy atom. The summed E-state index contributed by atoms with van der Waals surface area (Å²) in [4.78, 5) is 40.9. The molecular formula is C22H18N2O7S. The zero-order valence-corrected chi connectivity index (χ0v) is 17.8. The third-order valence-corrected chi connectivity index (χ3v) is 7.09. The van der Waals surface area contributed by atoms with Crippen molar-refractivity contribution in [1.29, 1.82) is 0 Å². The Morgan fingerprint density at radius 3 is 2.56 bits per heavy atom. The number of hydrogen-bond acceptors (Lipinski definition) is 9. The van der Waals surface area contributed by atoms with E-state index >= 15 is 0 Å². The van der Waals surface area contributed by atoms with Crippen molar-refractivity contribution in [3.63, 3.8) is 0 Å². The van der Waals surface area contributed by atoms with Crippen LogP contribution < -0.4 is 24.8 Å². The Bertz CT molecular complexity index is 1220. The Kier molecular flexibility index (Phi) is 4.55. The summed E-state index contributed by atoms with van der Waals surface area (Å²) in [5, 5.41) is 9.12. The minimum absolute atomic E-state index is 0.0877. The molecule has 1 saturated heterocycles. The fourth-order valence-electron chi connectivity index (χ4n) is 4.45. The number of fused-ring (bicyclic) bond motifs is 5. The standard InChI is InChI=1S/C22H18N2O7S/c1-29-10-4-6-13(30-2)12(8-10)24-20(26)16-15-11-5-3-9(25)7-14(11)31-22(28)17(15)19(23)32-18(16)21(24)27/h3-8,15-16,18,25H,23H2,1-2H3/t15-,16+,18+/m1/s1. The lowest BCUT2D eigenvalue weighted by atomic mass is 9.77. The molecule has 10 heteroatoms. The van der Waals surface area contributed by atoms with Crippen LogP contribution in [0.25, 0.3) is 0 Å². The van der Waals surface area contributed by atoms with Crippen molar-refractivity contribution in [2.75, 3.05) is 19.1 Å². The molecule has 3 aliphatic heterocycles. The summed E-state index contributed by atoms with van der Waals surface area (Å²) in [6, 6.07) is 9.14. The van der Waals surface area contributed by atoms with E-state index in [4.69, 9.17) is 19.9 Å². The molecule has 0 unspecified atom stereocenters. The summed E-state index contributed by atoms with van der Waals surface area (Å²) in [6.45, 7) is 0. The molecule has 0 radical (unpaired) electrons. The number of amides is 2. The number of phenols is 1. The van der Waals surface area contributed by atoms with Gasteiger partial charge in [-0.15, -0.1) is 0 Å². The lowest BCUT2D eigenvalue weighted by Gasteiger charge is -2.36. The molecule has 3 N–H and O–H groups in total. The lowest BCUT2D eigenvalue weighted by Crippen LogP contribution is -2.39. The minimum Gasteiger partial charge on any atom is -0.508 e. The van der Waals surface area contributed by atoms with Gasteiger partial charge < -0.3 is 25.1 Å². The average molecular weight is 454 g/mol. The van der Waals surface area contributed by atoms with Crippen LogP contribution in [0.4, 0.5) is 5.69 Å². The van der Waals surface area contributed by atoms with Crippen LogP contribution in [0.5, 0.6) is 23.0 Å². The van der Waals surface area contributed by atoms with Gasteiger partial charge in [-0.25, -0.2) is 9.69 Å². The van der Waals surface area contributed by atoms with Gasteiger partial charge in [0.05, 0.1) is 36.4 Å². The van der Waals surface area contributed by atoms with Crippen LogP contribution >= 0.6 is 11.8 Å². The van der Waals surface area contributed by atoms with Gasteiger partial charge in [0.15, 0.2) is 0 Å². The second-order valence-electron chi connectivity index (χ2n) is 7.48. The molecule has 2 aromatic carbocycles. The number of carbonyl (C=O) groups is 3. The molecule has 3 heterocycles. The Hall–Kier alpha value is -3.66. The predicted octanol–water partition coefficient (Wildman–Crippen LogP) is 1.89. The van der Waals surface area contributed by atoms with E-state index in [-0.39, 0.29) is 27.8 Å². The van der Waals surface area contributed by atoms with Crippen LogP contribution in [-0.4, -0.2) is 42.4 Å². The molecule has 32 heavy (non-hydrogen) atoms. The number of nitrogens with zero attached hydrogens (tertiary/aromatic N) is 1. The van der Waals surface area contributed by atoms with Gasteiger partial charge in [-0.05, 0) is 18.2 Å². The minimum atomic E-state index is -0.887. The second-order valence-corrected chi connectivity index (χ2v) is 8.66. The van der Waals surface area contributed by atoms with Crippen molar-refractivity contribution in [1.82, 2.24) is 0 Å². The highest BCUT2D eigenvalue weighted by molar-refractivity contribution is 8.04. The second kappa shape index (κ2) is 7.20. The number of phenolic OH excluding ortho intramolecular Hbond substituents is 1. The highest BCUT2D eigenvalue weighted by Gasteiger charge is 2.59. The van der Waals surface area contributed by atoms with Crippen molar-refractivity contribution in [3.05, 3.63) is 52.6 Å². The molecule has 5 rings (SSSR count). The molecule has 164 valence electrons. The number of esters is 1. The van der Waals surface area contributed by atoms with Crippen LogP contribution in [0, 0.1) is 5.92 Å². The topological polar surface area (TPSA) is 128 Å². The van der Waals surface area contributed by atoms with E-state index in [0.717, 1.165) is 16.7 Å². The van der Waals surface area contributed by atoms with Gasteiger partial charge in [0.1, 0.15) is 28.2 Å². The van der Waals surface area contributed by atoms with Gasteiger partial charge in [0.25, 0.3) is 0 Å². The summed E-state index contributed by atoms with van der Waals surface area (Å²) in [5.41, 5.74) is 7.09. The summed E-state index contributed by atoms with van der Waals surface area (Å²) in [6.07, 6.45) is 0. The Morgan fingerprint density at radius 1 is 1.06 bits per heavy atom. The maximum Gasteiger partial charge on any atom is 0.342 e. The number of ether oxygens (including phenoxy) is 3. The first-order chi connectivity index (χ1) is 15.3. The van der Waals surface area contributed by atoms with Crippen molar-refractivity contribution >= 4 is 35.2 Å². The van der Waals surface area contributed by atoms with Gasteiger partial charge in [-0.3, -0.25) is 9.59 Å². The van der Waals surface area contributed by atoms with Gasteiger partial charge >= 0.3 is 5.97 Å². The van der Waals surface area contributed by atoms with Crippen LogP contribution in [0.15, 0.2) is 47.0 Å². The Labute approximate surface area is 186 Å². The van der Waals surface area contributed by atoms with Crippen LogP contribution in [0.1, 0.15) is 11.5 Å². The average Bonchev–Trinajstić information content (AvgIpc) is 3.02. The number of benzene rings is 2. The molecule has 0 bridgehead atoms. The predicted molar refractivity (Wildman–Crippen MR) is 115 cm³/mol. The maximum atomic E-state index is 13.7. The smallest absolute Gasteiger partial charge is 0.342 e. The van der Waals surface area contributed by atoms with Gasteiger partial charge in [0.2, 0.25) is 11.8 Å². The highest BCUT2D eigenvalue weighted by Crippen LogP contribution is 2.55. The Balaban J connectivity index is 1.66. The number of rotatable bonds is 3. The maximum absolute atomic E-state index is 13.7. The molecule has 0 aromatic heterocycles. The molecule has 3 atom stereocenters. The zero-order valence-electron chi connectivity index (χ0n) is 17.0. The largest absolute Gasteiger partial charge is 0.508 e. The van der Waals surface area contributed by atoms with Gasteiger partial charge in [0, 0.05) is 23.6 Å². The number of imide groups is 1. The lowest BCUT2D eigenvalue weighted by molar-refractivity contribution is -0.131. The van der Waals surface area contributed by atoms with Crippen LogP contribution in [0.2, 0.25) is 0 Å². The SMILES string of the molecule is COc1ccc(OC)c(N2C(=O)[C@@H]3[C@H](SC(N)=C4C(=O)Oc5cc(O)ccc5[C@@H]43)C2=O)c1. The molecule has 2 aromatic rings. The fraction of sp³-hybridized carbons (Fsp3) is 0.227. The summed E-state index contributed by atoms with van der Waals surface area (Å²) >= 11 is 0.981. The monoisotopic (exact) mass is 454 g/mol. The number of thioether (sulfide) groups is 1. The fourth-order valence-corrected chi connectivity index (χ4v) is 5.69. The number of hydrogen-bond donors (Lipinski definition) is 2. The molecular weight excluding hydrogens is 436 g/mol. The van der Waals surface area contributed by atoms with E-state index < -0.39 is 34.9 Å². The molecule has 0 spiro atoms. The van der Waals surface area contributed by atoms with E-state index in [1.165, 1.54) is 26.4 Å². The molecule has 0 saturated carbocycles. The van der Waals surface area contributed by atoms with E-state index in [0.29, 0.717) is 17.1 Å². The molecule has 1 fully saturated rings. The summed E-state index contributed by atoms with van der Waals surface area (Å²) in [5.74, 6) is -2.49. The van der Waals surface area contributed by atoms with E-state index in [9.17, 15) is 19.5 Å². The van der Waals surface area contributed by atoms with Gasteiger partial charge in [-0.1, -0.05) is 17.8 Å². The number of methoxy groups -OCH3 is 2. The molecule has 9 nitrogen and oxygen atoms in total. The normalized spacial score (nSPS) is 24.0. The third kappa shape index (κ3) is 2.76. The van der Waals surface area contributed by atoms with Crippen molar-refractivity contribution in [2.24, 2.45) is 11.7 Å². The number of aromatic hydroxyl groups is 1. The van der Waals surface area contributed by atoms with E-state index in [1.807, 2.05) is 0 Å². The van der Waals surface area contributed by atoms with Crippen molar-refractivity contribution in [3.8, 4) is 23.0 Å². The number of nitrogens with two attached hydrogens (primary N) is 1. The van der Waals surface area contributed by atoms with Gasteiger partial charge in [-0.2, -0.15) is 0 Å². The van der Waals surface area contributed by atoms with Crippen molar-refractivity contribution in [2.45, 2.75) is 11.2 Å². The summed E-state index contributed by atoms with van der Waals surface area (Å²) in [7, 11) is 2.92. The quantitative estimate of drug-likeness (QED) is 0.406. The molecule has 2 amide bonds.